The van der Waals surface area contributed by atoms with E-state index in [9.17, 15) is 0 Å². The van der Waals surface area contributed by atoms with E-state index in [0.29, 0.717) is 6.04 Å². The second kappa shape index (κ2) is 6.90. The highest BCUT2D eigenvalue weighted by atomic mass is 15.3. The summed E-state index contributed by atoms with van der Waals surface area (Å²) in [6.07, 6.45) is 2.17. The van der Waals surface area contributed by atoms with Gasteiger partial charge in [0.2, 0.25) is 0 Å². The van der Waals surface area contributed by atoms with E-state index in [1.54, 1.807) is 0 Å². The molecular formula is C18H27N3. The van der Waals surface area contributed by atoms with E-state index >= 15 is 0 Å². The molecule has 1 N–H and O–H groups in total. The average Bonchev–Trinajstić information content (AvgIpc) is 2.70. The number of rotatable bonds is 6. The molecule has 0 aliphatic heterocycles. The van der Waals surface area contributed by atoms with Crippen LogP contribution in [0.15, 0.2) is 24.3 Å². The molecule has 2 rings (SSSR count). The molecular weight excluding hydrogens is 258 g/mol. The van der Waals surface area contributed by atoms with Crippen LogP contribution in [-0.2, 0) is 13.5 Å². The summed E-state index contributed by atoms with van der Waals surface area (Å²) < 4.78 is 1.99. The Bertz CT molecular complexity index is 599. The molecule has 1 atom stereocenters. The van der Waals surface area contributed by atoms with E-state index in [4.69, 9.17) is 0 Å². The van der Waals surface area contributed by atoms with Gasteiger partial charge in [-0.05, 0) is 56.8 Å². The molecule has 0 aliphatic rings. The van der Waals surface area contributed by atoms with E-state index < -0.39 is 0 Å². The van der Waals surface area contributed by atoms with Gasteiger partial charge in [-0.25, -0.2) is 0 Å². The standard InChI is InChI=1S/C18H27N3/c1-6-19-18(16-10-8-7-9-13(16)2)12-11-17-14(3)20-21(5)15(17)4/h7-10,18-19H,6,11-12H2,1-5H3. The molecule has 0 saturated heterocycles. The summed E-state index contributed by atoms with van der Waals surface area (Å²) in [6, 6.07) is 9.09. The highest BCUT2D eigenvalue weighted by molar-refractivity contribution is 5.30. The van der Waals surface area contributed by atoms with E-state index in [2.05, 4.69) is 62.4 Å². The summed E-state index contributed by atoms with van der Waals surface area (Å²) >= 11 is 0. The highest BCUT2D eigenvalue weighted by Gasteiger charge is 2.15. The minimum atomic E-state index is 0.412. The first-order valence-corrected chi connectivity index (χ1v) is 7.82. The fraction of sp³-hybridized carbons (Fsp3) is 0.500. The van der Waals surface area contributed by atoms with Crippen LogP contribution in [0.1, 0.15) is 47.5 Å². The normalized spacial score (nSPS) is 12.6. The molecule has 0 aliphatic carbocycles. The number of benzene rings is 1. The fourth-order valence-electron chi connectivity index (χ4n) is 3.06. The van der Waals surface area contributed by atoms with Gasteiger partial charge in [0.25, 0.3) is 0 Å². The summed E-state index contributed by atoms with van der Waals surface area (Å²) in [4.78, 5) is 0. The Hall–Kier alpha value is -1.61. The third-order valence-corrected chi connectivity index (χ3v) is 4.36. The van der Waals surface area contributed by atoms with Crippen molar-refractivity contribution in [3.05, 3.63) is 52.3 Å². The van der Waals surface area contributed by atoms with E-state index in [1.165, 1.54) is 22.4 Å². The van der Waals surface area contributed by atoms with Crippen LogP contribution in [0.25, 0.3) is 0 Å². The Labute approximate surface area is 128 Å². The van der Waals surface area contributed by atoms with Gasteiger partial charge in [0.1, 0.15) is 0 Å². The minimum absolute atomic E-state index is 0.412. The largest absolute Gasteiger partial charge is 0.310 e. The number of aryl methyl sites for hydroxylation is 3. The lowest BCUT2D eigenvalue weighted by Gasteiger charge is -2.20. The lowest BCUT2D eigenvalue weighted by atomic mass is 9.95. The summed E-state index contributed by atoms with van der Waals surface area (Å²) in [6.45, 7) is 9.62. The van der Waals surface area contributed by atoms with Crippen LogP contribution < -0.4 is 5.32 Å². The second-order valence-corrected chi connectivity index (χ2v) is 5.78. The molecule has 1 heterocycles. The quantitative estimate of drug-likeness (QED) is 0.878. The van der Waals surface area contributed by atoms with Gasteiger partial charge in [-0.15, -0.1) is 0 Å². The number of nitrogens with one attached hydrogen (secondary N) is 1. The highest BCUT2D eigenvalue weighted by Crippen LogP contribution is 2.24. The van der Waals surface area contributed by atoms with Gasteiger partial charge in [-0.2, -0.15) is 5.10 Å². The number of hydrogen-bond acceptors (Lipinski definition) is 2. The Balaban J connectivity index is 2.16. The fourth-order valence-corrected chi connectivity index (χ4v) is 3.06. The molecule has 0 amide bonds. The number of aromatic nitrogens is 2. The molecule has 2 aromatic rings. The Morgan fingerprint density at radius 1 is 1.19 bits per heavy atom. The van der Waals surface area contributed by atoms with Crippen LogP contribution in [-0.4, -0.2) is 16.3 Å². The zero-order valence-corrected chi connectivity index (χ0v) is 13.9. The van der Waals surface area contributed by atoms with Crippen LogP contribution in [0.5, 0.6) is 0 Å². The lowest BCUT2D eigenvalue weighted by molar-refractivity contribution is 0.512. The monoisotopic (exact) mass is 285 g/mol. The van der Waals surface area contributed by atoms with Crippen molar-refractivity contribution in [3.63, 3.8) is 0 Å². The molecule has 1 unspecified atom stereocenters. The van der Waals surface area contributed by atoms with Crippen LogP contribution >= 0.6 is 0 Å². The number of hydrogen-bond donors (Lipinski definition) is 1. The molecule has 0 spiro atoms. The molecule has 114 valence electrons. The third kappa shape index (κ3) is 3.53. The SMILES string of the molecule is CCNC(CCc1c(C)nn(C)c1C)c1ccccc1C. The van der Waals surface area contributed by atoms with Crippen LogP contribution in [0.2, 0.25) is 0 Å². The first-order valence-electron chi connectivity index (χ1n) is 7.82. The van der Waals surface area contributed by atoms with Crippen molar-refractivity contribution in [3.8, 4) is 0 Å². The average molecular weight is 285 g/mol. The summed E-state index contributed by atoms with van der Waals surface area (Å²) in [5, 5.41) is 8.15. The van der Waals surface area contributed by atoms with Crippen molar-refractivity contribution in [2.24, 2.45) is 7.05 Å². The van der Waals surface area contributed by atoms with Gasteiger partial charge in [0.15, 0.2) is 0 Å². The molecule has 0 bridgehead atoms. The molecule has 0 fully saturated rings. The van der Waals surface area contributed by atoms with Crippen molar-refractivity contribution in [1.29, 1.82) is 0 Å². The third-order valence-electron chi connectivity index (χ3n) is 4.36. The van der Waals surface area contributed by atoms with Crippen molar-refractivity contribution in [2.45, 2.75) is 46.6 Å². The summed E-state index contributed by atoms with van der Waals surface area (Å²) in [5.41, 5.74) is 6.62. The second-order valence-electron chi connectivity index (χ2n) is 5.78. The smallest absolute Gasteiger partial charge is 0.0628 e. The first-order chi connectivity index (χ1) is 10.0. The lowest BCUT2D eigenvalue weighted by Crippen LogP contribution is -2.22. The maximum atomic E-state index is 4.52. The molecule has 1 aromatic heterocycles. The molecule has 3 nitrogen and oxygen atoms in total. The predicted molar refractivity (Wildman–Crippen MR) is 88.6 cm³/mol. The van der Waals surface area contributed by atoms with Gasteiger partial charge in [0, 0.05) is 18.8 Å². The van der Waals surface area contributed by atoms with Crippen molar-refractivity contribution >= 4 is 0 Å². The predicted octanol–water partition coefficient (Wildman–Crippen LogP) is 3.63. The Kier molecular flexibility index (Phi) is 5.18. The van der Waals surface area contributed by atoms with Crippen LogP contribution in [0, 0.1) is 20.8 Å². The molecule has 1 aromatic carbocycles. The molecule has 21 heavy (non-hydrogen) atoms. The van der Waals surface area contributed by atoms with Gasteiger partial charge in [-0.1, -0.05) is 31.2 Å². The maximum Gasteiger partial charge on any atom is 0.0628 e. The van der Waals surface area contributed by atoms with Gasteiger partial charge in [0.05, 0.1) is 5.69 Å². The zero-order valence-electron chi connectivity index (χ0n) is 13.9. The zero-order chi connectivity index (χ0) is 15.4. The van der Waals surface area contributed by atoms with Crippen LogP contribution in [0.3, 0.4) is 0 Å². The van der Waals surface area contributed by atoms with Gasteiger partial charge in [-0.3, -0.25) is 4.68 Å². The summed E-state index contributed by atoms with van der Waals surface area (Å²) in [5.74, 6) is 0. The first kappa shape index (κ1) is 15.8. The molecule has 3 heteroatoms. The van der Waals surface area contributed by atoms with Crippen LogP contribution in [0.4, 0.5) is 0 Å². The van der Waals surface area contributed by atoms with E-state index in [1.807, 2.05) is 11.7 Å². The Morgan fingerprint density at radius 3 is 2.48 bits per heavy atom. The van der Waals surface area contributed by atoms with Crippen molar-refractivity contribution in [2.75, 3.05) is 6.54 Å². The topological polar surface area (TPSA) is 29.9 Å². The molecule has 0 radical (unpaired) electrons. The number of nitrogens with zero attached hydrogens (tertiary/aromatic N) is 2. The van der Waals surface area contributed by atoms with Gasteiger partial charge < -0.3 is 5.32 Å². The van der Waals surface area contributed by atoms with E-state index in [0.717, 1.165) is 25.1 Å². The van der Waals surface area contributed by atoms with Crippen molar-refractivity contribution < 1.29 is 0 Å². The Morgan fingerprint density at radius 2 is 1.90 bits per heavy atom. The van der Waals surface area contributed by atoms with E-state index in [-0.39, 0.29) is 0 Å². The van der Waals surface area contributed by atoms with Crippen molar-refractivity contribution in [1.82, 2.24) is 15.1 Å². The molecule has 0 saturated carbocycles. The maximum absolute atomic E-state index is 4.52. The summed E-state index contributed by atoms with van der Waals surface area (Å²) in [7, 11) is 2.02. The van der Waals surface area contributed by atoms with Gasteiger partial charge >= 0.3 is 0 Å². The minimum Gasteiger partial charge on any atom is -0.310 e.